The summed E-state index contributed by atoms with van der Waals surface area (Å²) in [4.78, 5) is 34.4. The van der Waals surface area contributed by atoms with Crippen LogP contribution in [0.2, 0.25) is 0 Å². The predicted octanol–water partition coefficient (Wildman–Crippen LogP) is 8.97. The summed E-state index contributed by atoms with van der Waals surface area (Å²) in [6.07, 6.45) is 16.2. The van der Waals surface area contributed by atoms with Gasteiger partial charge in [-0.1, -0.05) is 37.4 Å². The number of hydrogen-bond donors (Lipinski definition) is 0. The van der Waals surface area contributed by atoms with E-state index in [1.165, 1.54) is 18.2 Å². The van der Waals surface area contributed by atoms with Gasteiger partial charge in [-0.2, -0.15) is 0 Å². The SMILES string of the molecule is C=CC(=O)OCCCCCCOc1ccc(C=COCOc2ccc(OC(=O)C=Cc3ccc(OCCCCCCOC(=O)C=C)cc3)cc2C)cc1. The van der Waals surface area contributed by atoms with Crippen LogP contribution in [-0.2, 0) is 28.6 Å². The van der Waals surface area contributed by atoms with Crippen LogP contribution in [0.4, 0.5) is 0 Å². The van der Waals surface area contributed by atoms with E-state index in [-0.39, 0.29) is 12.8 Å². The Morgan fingerprint density at radius 3 is 1.57 bits per heavy atom. The van der Waals surface area contributed by atoms with Crippen molar-refractivity contribution in [1.82, 2.24) is 0 Å². The number of rotatable bonds is 26. The molecule has 0 saturated carbocycles. The first-order chi connectivity index (χ1) is 25.9. The lowest BCUT2D eigenvalue weighted by molar-refractivity contribution is -0.138. The van der Waals surface area contributed by atoms with Crippen molar-refractivity contribution in [3.63, 3.8) is 0 Å². The van der Waals surface area contributed by atoms with Gasteiger partial charge in [0.1, 0.15) is 23.0 Å². The Kier molecular flexibility index (Phi) is 19.8. The Morgan fingerprint density at radius 2 is 1.06 bits per heavy atom. The predicted molar refractivity (Wildman–Crippen MR) is 205 cm³/mol. The third-order valence-electron chi connectivity index (χ3n) is 7.61. The van der Waals surface area contributed by atoms with E-state index in [0.717, 1.165) is 79.6 Å². The molecule has 0 heterocycles. The van der Waals surface area contributed by atoms with Gasteiger partial charge in [-0.05, 0) is 130 Å². The lowest BCUT2D eigenvalue weighted by Crippen LogP contribution is -2.05. The second-order valence-corrected chi connectivity index (χ2v) is 11.8. The molecule has 10 nitrogen and oxygen atoms in total. The number of esters is 3. The molecule has 0 spiro atoms. The molecule has 0 saturated heterocycles. The highest BCUT2D eigenvalue weighted by Crippen LogP contribution is 2.24. The van der Waals surface area contributed by atoms with Gasteiger partial charge < -0.3 is 33.2 Å². The van der Waals surface area contributed by atoms with E-state index in [2.05, 4.69) is 13.2 Å². The fourth-order valence-electron chi connectivity index (χ4n) is 4.73. The van der Waals surface area contributed by atoms with Crippen molar-refractivity contribution >= 4 is 30.1 Å². The van der Waals surface area contributed by atoms with E-state index >= 15 is 0 Å². The van der Waals surface area contributed by atoms with Crippen molar-refractivity contribution in [2.45, 2.75) is 58.3 Å². The van der Waals surface area contributed by atoms with E-state index in [0.29, 0.717) is 37.9 Å². The van der Waals surface area contributed by atoms with Crippen LogP contribution in [0.3, 0.4) is 0 Å². The summed E-state index contributed by atoms with van der Waals surface area (Å²) in [6, 6.07) is 20.3. The molecule has 0 aliphatic rings. The van der Waals surface area contributed by atoms with Gasteiger partial charge in [-0.15, -0.1) is 0 Å². The standard InChI is InChI=1S/C43H50O10/c1-4-41(44)50-29-12-8-6-10-27-48-37-19-14-35(15-20-37)18-25-43(46)53-39-23-24-40(34(3)32-39)52-33-47-31-26-36-16-21-38(22-17-36)49-28-11-7-9-13-30-51-42(45)5-2/h4-5,14-26,31-32H,1-2,6-13,27-30,33H2,3H3. The summed E-state index contributed by atoms with van der Waals surface area (Å²) in [5.41, 5.74) is 2.58. The Bertz CT molecular complexity index is 1620. The molecule has 3 aromatic carbocycles. The van der Waals surface area contributed by atoms with Gasteiger partial charge >= 0.3 is 17.9 Å². The van der Waals surface area contributed by atoms with Crippen molar-refractivity contribution in [2.75, 3.05) is 33.2 Å². The molecule has 0 aromatic heterocycles. The molecular formula is C43H50O10. The number of hydrogen-bond acceptors (Lipinski definition) is 10. The molecule has 0 fully saturated rings. The molecule has 0 radical (unpaired) electrons. The molecule has 0 N–H and O–H groups in total. The summed E-state index contributed by atoms with van der Waals surface area (Å²) in [7, 11) is 0. The minimum atomic E-state index is -0.497. The zero-order valence-electron chi connectivity index (χ0n) is 30.5. The maximum absolute atomic E-state index is 12.4. The number of aryl methyl sites for hydroxylation is 1. The summed E-state index contributed by atoms with van der Waals surface area (Å²) in [5.74, 6) is 1.30. The van der Waals surface area contributed by atoms with Crippen LogP contribution < -0.4 is 18.9 Å². The zero-order chi connectivity index (χ0) is 37.9. The third-order valence-corrected chi connectivity index (χ3v) is 7.61. The summed E-state index contributed by atoms with van der Waals surface area (Å²) < 4.78 is 38.2. The van der Waals surface area contributed by atoms with Crippen molar-refractivity contribution in [3.8, 4) is 23.0 Å². The Labute approximate surface area is 312 Å². The summed E-state index contributed by atoms with van der Waals surface area (Å²) in [6.45, 7) is 10.7. The molecule has 282 valence electrons. The van der Waals surface area contributed by atoms with Crippen LogP contribution >= 0.6 is 0 Å². The van der Waals surface area contributed by atoms with Crippen molar-refractivity contribution in [2.24, 2.45) is 0 Å². The average molecular weight is 727 g/mol. The van der Waals surface area contributed by atoms with E-state index < -0.39 is 11.9 Å². The van der Waals surface area contributed by atoms with Gasteiger partial charge in [0.15, 0.2) is 0 Å². The second kappa shape index (κ2) is 25.2. The first kappa shape index (κ1) is 41.6. The van der Waals surface area contributed by atoms with E-state index in [1.54, 1.807) is 30.5 Å². The maximum Gasteiger partial charge on any atom is 0.336 e. The largest absolute Gasteiger partial charge is 0.494 e. The number of benzene rings is 3. The van der Waals surface area contributed by atoms with Crippen LogP contribution in [0, 0.1) is 6.92 Å². The Hall–Kier alpha value is -5.77. The molecule has 3 rings (SSSR count). The lowest BCUT2D eigenvalue weighted by atomic mass is 10.2. The molecule has 10 heteroatoms. The summed E-state index contributed by atoms with van der Waals surface area (Å²) in [5, 5.41) is 0. The van der Waals surface area contributed by atoms with Gasteiger partial charge in [0.25, 0.3) is 0 Å². The molecule has 0 amide bonds. The molecule has 3 aromatic rings. The zero-order valence-corrected chi connectivity index (χ0v) is 30.5. The highest BCUT2D eigenvalue weighted by atomic mass is 16.7. The van der Waals surface area contributed by atoms with Gasteiger partial charge in [-0.3, -0.25) is 0 Å². The molecule has 53 heavy (non-hydrogen) atoms. The van der Waals surface area contributed by atoms with Gasteiger partial charge in [0, 0.05) is 18.2 Å². The van der Waals surface area contributed by atoms with E-state index in [9.17, 15) is 14.4 Å². The summed E-state index contributed by atoms with van der Waals surface area (Å²) >= 11 is 0. The molecule has 0 unspecified atom stereocenters. The number of unbranched alkanes of at least 4 members (excludes halogenated alkanes) is 6. The highest BCUT2D eigenvalue weighted by molar-refractivity contribution is 5.88. The molecular weight excluding hydrogens is 676 g/mol. The lowest BCUT2D eigenvalue weighted by Gasteiger charge is -2.10. The van der Waals surface area contributed by atoms with Crippen LogP contribution in [0.15, 0.2) is 104 Å². The quantitative estimate of drug-likeness (QED) is 0.0198. The smallest absolute Gasteiger partial charge is 0.336 e. The van der Waals surface area contributed by atoms with E-state index in [1.807, 2.05) is 61.5 Å². The van der Waals surface area contributed by atoms with Crippen LogP contribution in [0.5, 0.6) is 23.0 Å². The van der Waals surface area contributed by atoms with Crippen molar-refractivity contribution in [1.29, 1.82) is 0 Å². The van der Waals surface area contributed by atoms with Crippen LogP contribution in [-0.4, -0.2) is 51.1 Å². The first-order valence-electron chi connectivity index (χ1n) is 17.8. The first-order valence-corrected chi connectivity index (χ1v) is 17.8. The number of carbonyl (C=O) groups excluding carboxylic acids is 3. The molecule has 0 aliphatic carbocycles. The Morgan fingerprint density at radius 1 is 0.566 bits per heavy atom. The van der Waals surface area contributed by atoms with Crippen molar-refractivity contribution in [3.05, 3.63) is 121 Å². The minimum absolute atomic E-state index is 0.0114. The Balaban J connectivity index is 1.27. The van der Waals surface area contributed by atoms with Gasteiger partial charge in [-0.25, -0.2) is 14.4 Å². The topological polar surface area (TPSA) is 116 Å². The van der Waals surface area contributed by atoms with Gasteiger partial charge in [0.05, 0.1) is 32.7 Å². The van der Waals surface area contributed by atoms with Gasteiger partial charge in [0.2, 0.25) is 6.79 Å². The highest BCUT2D eigenvalue weighted by Gasteiger charge is 2.06. The fourth-order valence-corrected chi connectivity index (χ4v) is 4.73. The monoisotopic (exact) mass is 726 g/mol. The van der Waals surface area contributed by atoms with Crippen molar-refractivity contribution < 1.29 is 47.5 Å². The molecule has 0 bridgehead atoms. The van der Waals surface area contributed by atoms with Crippen LogP contribution in [0.25, 0.3) is 12.2 Å². The fraction of sp³-hybridized carbons (Fsp3) is 0.326. The van der Waals surface area contributed by atoms with E-state index in [4.69, 9.17) is 33.2 Å². The molecule has 0 aliphatic heterocycles. The minimum Gasteiger partial charge on any atom is -0.494 e. The molecule has 0 atom stereocenters. The normalized spacial score (nSPS) is 10.8. The number of carbonyl (C=O) groups is 3. The van der Waals surface area contributed by atoms with Crippen LogP contribution in [0.1, 0.15) is 68.1 Å². The average Bonchev–Trinajstić information content (AvgIpc) is 3.17. The maximum atomic E-state index is 12.4. The number of ether oxygens (including phenoxy) is 7. The second-order valence-electron chi connectivity index (χ2n) is 11.8. The third kappa shape index (κ3) is 18.3.